The second-order valence-electron chi connectivity index (χ2n) is 7.02. The number of hydrogen-bond donors (Lipinski definition) is 2. The van der Waals surface area contributed by atoms with Crippen molar-refractivity contribution < 1.29 is 9.53 Å². The molecule has 1 aliphatic carbocycles. The van der Waals surface area contributed by atoms with Crippen LogP contribution in [0, 0.1) is 6.92 Å². The van der Waals surface area contributed by atoms with Crippen LogP contribution in [0.25, 0.3) is 11.3 Å². The van der Waals surface area contributed by atoms with Crippen LogP contribution >= 0.6 is 0 Å². The Bertz CT molecular complexity index is 1030. The van der Waals surface area contributed by atoms with Crippen molar-refractivity contribution in [1.82, 2.24) is 20.3 Å². The summed E-state index contributed by atoms with van der Waals surface area (Å²) in [5, 5.41) is 5.76. The van der Waals surface area contributed by atoms with Gasteiger partial charge in [0, 0.05) is 30.5 Å². The summed E-state index contributed by atoms with van der Waals surface area (Å²) in [5.74, 6) is 1.92. The fourth-order valence-corrected chi connectivity index (χ4v) is 2.91. The van der Waals surface area contributed by atoms with E-state index in [0.717, 1.165) is 47.6 Å². The van der Waals surface area contributed by atoms with Gasteiger partial charge in [-0.05, 0) is 61.7 Å². The molecular formula is C22H23N5O2. The molecule has 1 saturated carbocycles. The van der Waals surface area contributed by atoms with E-state index in [1.54, 1.807) is 12.4 Å². The highest BCUT2D eigenvalue weighted by Crippen LogP contribution is 2.32. The summed E-state index contributed by atoms with van der Waals surface area (Å²) in [4.78, 5) is 25.2. The normalized spacial score (nSPS) is 13.0. The van der Waals surface area contributed by atoms with Crippen LogP contribution in [0.2, 0.25) is 0 Å². The zero-order valence-corrected chi connectivity index (χ0v) is 16.5. The molecule has 148 valence electrons. The molecule has 1 aliphatic rings. The Morgan fingerprint density at radius 1 is 1.17 bits per heavy atom. The van der Waals surface area contributed by atoms with Crippen LogP contribution in [-0.2, 0) is 6.42 Å². The predicted octanol–water partition coefficient (Wildman–Crippen LogP) is 4.49. The number of urea groups is 1. The first-order valence-electron chi connectivity index (χ1n) is 9.75. The molecule has 0 atom stereocenters. The molecule has 0 radical (unpaired) electrons. The first kappa shape index (κ1) is 18.9. The maximum absolute atomic E-state index is 11.9. The number of nitrogens with zero attached hydrogens (tertiary/aromatic N) is 3. The first-order chi connectivity index (χ1) is 14.1. The minimum atomic E-state index is -0.178. The number of carbonyl (C=O) groups excluding carboxylic acids is 1. The maximum Gasteiger partial charge on any atom is 0.319 e. The lowest BCUT2D eigenvalue weighted by Crippen LogP contribution is -2.30. The second-order valence-corrected chi connectivity index (χ2v) is 7.02. The number of pyridine rings is 1. The van der Waals surface area contributed by atoms with Gasteiger partial charge in [0.2, 0.25) is 5.88 Å². The van der Waals surface area contributed by atoms with Gasteiger partial charge in [0.05, 0.1) is 11.3 Å². The second kappa shape index (κ2) is 8.26. The Balaban J connectivity index is 1.54. The molecule has 0 spiro atoms. The molecule has 29 heavy (non-hydrogen) atoms. The van der Waals surface area contributed by atoms with Crippen LogP contribution in [0.1, 0.15) is 31.2 Å². The molecule has 0 bridgehead atoms. The smallest absolute Gasteiger partial charge is 0.319 e. The quantitative estimate of drug-likeness (QED) is 0.649. The molecule has 2 amide bonds. The summed E-state index contributed by atoms with van der Waals surface area (Å²) >= 11 is 0. The van der Waals surface area contributed by atoms with Crippen LogP contribution in [-0.4, -0.2) is 27.0 Å². The molecule has 2 heterocycles. The Labute approximate surface area is 169 Å². The van der Waals surface area contributed by atoms with Crippen molar-refractivity contribution in [2.45, 2.75) is 39.2 Å². The van der Waals surface area contributed by atoms with E-state index in [9.17, 15) is 4.79 Å². The topological polar surface area (TPSA) is 89.0 Å². The third kappa shape index (κ3) is 4.68. The average molecular weight is 389 g/mol. The van der Waals surface area contributed by atoms with E-state index < -0.39 is 0 Å². The molecule has 7 nitrogen and oxygen atoms in total. The molecular weight excluding hydrogens is 366 g/mol. The number of hydrogen-bond acceptors (Lipinski definition) is 5. The zero-order chi connectivity index (χ0) is 20.2. The lowest BCUT2D eigenvalue weighted by atomic mass is 10.1. The van der Waals surface area contributed by atoms with Gasteiger partial charge in [0.15, 0.2) is 0 Å². The van der Waals surface area contributed by atoms with E-state index in [1.807, 2.05) is 50.2 Å². The van der Waals surface area contributed by atoms with Gasteiger partial charge in [-0.15, -0.1) is 0 Å². The van der Waals surface area contributed by atoms with Crippen molar-refractivity contribution in [2.75, 3.05) is 5.32 Å². The van der Waals surface area contributed by atoms with Crippen LogP contribution < -0.4 is 15.4 Å². The van der Waals surface area contributed by atoms with Crippen molar-refractivity contribution >= 4 is 11.7 Å². The fraction of sp³-hybridized carbons (Fsp3) is 0.273. The summed E-state index contributed by atoms with van der Waals surface area (Å²) in [6, 6.07) is 11.3. The fourth-order valence-electron chi connectivity index (χ4n) is 2.91. The number of ether oxygens (including phenoxy) is 1. The Morgan fingerprint density at radius 2 is 2.03 bits per heavy atom. The zero-order valence-electron chi connectivity index (χ0n) is 16.5. The molecule has 1 aromatic carbocycles. The summed E-state index contributed by atoms with van der Waals surface area (Å²) < 4.78 is 6.10. The van der Waals surface area contributed by atoms with Crippen molar-refractivity contribution in [1.29, 1.82) is 0 Å². The van der Waals surface area contributed by atoms with Crippen LogP contribution in [0.3, 0.4) is 0 Å². The number of benzene rings is 1. The molecule has 2 aromatic heterocycles. The van der Waals surface area contributed by atoms with Gasteiger partial charge < -0.3 is 15.4 Å². The van der Waals surface area contributed by atoms with E-state index in [0.29, 0.717) is 17.7 Å². The SMILES string of the molecule is CCc1nccc(-c2cccnc2Oc2ccc(NC(=O)NC3CC3)cc2C)n1. The molecule has 0 aliphatic heterocycles. The van der Waals surface area contributed by atoms with Gasteiger partial charge in [-0.3, -0.25) is 0 Å². The Morgan fingerprint density at radius 3 is 2.79 bits per heavy atom. The van der Waals surface area contributed by atoms with E-state index in [1.165, 1.54) is 0 Å². The molecule has 0 unspecified atom stereocenters. The number of anilines is 1. The molecule has 3 aromatic rings. The Kier molecular flexibility index (Phi) is 5.37. The minimum Gasteiger partial charge on any atom is -0.438 e. The number of aromatic nitrogens is 3. The van der Waals surface area contributed by atoms with Crippen LogP contribution in [0.15, 0.2) is 48.8 Å². The molecule has 7 heteroatoms. The minimum absolute atomic E-state index is 0.178. The average Bonchev–Trinajstić information content (AvgIpc) is 3.54. The van der Waals surface area contributed by atoms with Gasteiger partial charge in [0.25, 0.3) is 0 Å². The number of rotatable bonds is 6. The van der Waals surface area contributed by atoms with E-state index in [2.05, 4.69) is 25.6 Å². The number of amides is 2. The highest BCUT2D eigenvalue weighted by atomic mass is 16.5. The van der Waals surface area contributed by atoms with E-state index in [-0.39, 0.29) is 6.03 Å². The lowest BCUT2D eigenvalue weighted by molar-refractivity contribution is 0.251. The van der Waals surface area contributed by atoms with Crippen molar-refractivity contribution in [2.24, 2.45) is 0 Å². The van der Waals surface area contributed by atoms with E-state index >= 15 is 0 Å². The standard InChI is InChI=1S/C22H23N5O2/c1-3-20-23-12-10-18(27-20)17-5-4-11-24-21(17)29-19-9-8-16(13-14(19)2)26-22(28)25-15-6-7-15/h4-5,8-13,15H,3,6-7H2,1-2H3,(H2,25,26,28). The molecule has 0 saturated heterocycles. The summed E-state index contributed by atoms with van der Waals surface area (Å²) in [6.07, 6.45) is 6.30. The van der Waals surface area contributed by atoms with Crippen LogP contribution in [0.4, 0.5) is 10.5 Å². The van der Waals surface area contributed by atoms with E-state index in [4.69, 9.17) is 4.74 Å². The summed E-state index contributed by atoms with van der Waals surface area (Å²) in [6.45, 7) is 3.95. The van der Waals surface area contributed by atoms with Gasteiger partial charge >= 0.3 is 6.03 Å². The monoisotopic (exact) mass is 389 g/mol. The number of nitrogens with one attached hydrogen (secondary N) is 2. The first-order valence-corrected chi connectivity index (χ1v) is 9.75. The molecule has 2 N–H and O–H groups in total. The third-order valence-electron chi connectivity index (χ3n) is 4.62. The highest BCUT2D eigenvalue weighted by Gasteiger charge is 2.23. The lowest BCUT2D eigenvalue weighted by Gasteiger charge is -2.13. The van der Waals surface area contributed by atoms with Gasteiger partial charge in [0.1, 0.15) is 11.6 Å². The number of carbonyl (C=O) groups is 1. The summed E-state index contributed by atoms with van der Waals surface area (Å²) in [7, 11) is 0. The molecule has 1 fully saturated rings. The largest absolute Gasteiger partial charge is 0.438 e. The van der Waals surface area contributed by atoms with Crippen LogP contribution in [0.5, 0.6) is 11.6 Å². The third-order valence-corrected chi connectivity index (χ3v) is 4.62. The Hall–Kier alpha value is -3.48. The van der Waals surface area contributed by atoms with Gasteiger partial charge in [-0.2, -0.15) is 0 Å². The van der Waals surface area contributed by atoms with Gasteiger partial charge in [-0.1, -0.05) is 6.92 Å². The maximum atomic E-state index is 11.9. The van der Waals surface area contributed by atoms with Crippen molar-refractivity contribution in [3.8, 4) is 22.9 Å². The number of aryl methyl sites for hydroxylation is 2. The highest BCUT2D eigenvalue weighted by molar-refractivity contribution is 5.89. The summed E-state index contributed by atoms with van der Waals surface area (Å²) in [5.41, 5.74) is 3.18. The van der Waals surface area contributed by atoms with Crippen molar-refractivity contribution in [3.63, 3.8) is 0 Å². The predicted molar refractivity (Wildman–Crippen MR) is 111 cm³/mol. The molecule has 4 rings (SSSR count). The van der Waals surface area contributed by atoms with Crippen molar-refractivity contribution in [3.05, 3.63) is 60.2 Å². The van der Waals surface area contributed by atoms with Gasteiger partial charge in [-0.25, -0.2) is 19.7 Å².